The number of benzene rings is 1. The fourth-order valence-electron chi connectivity index (χ4n) is 2.18. The largest absolute Gasteiger partial charge is 0.383 e. The first-order chi connectivity index (χ1) is 12.2. The summed E-state index contributed by atoms with van der Waals surface area (Å²) in [6.45, 7) is 0.722. The number of methoxy groups -OCH3 is 1. The fraction of sp³-hybridized carbons (Fsp3) is 0.176. The van der Waals surface area contributed by atoms with Crippen LogP contribution in [0.25, 0.3) is 10.6 Å². The number of ether oxygens (including phenoxy) is 1. The molecule has 8 heteroatoms. The highest BCUT2D eigenvalue weighted by atomic mass is 35.5. The summed E-state index contributed by atoms with van der Waals surface area (Å²) in [7, 11) is 1.58. The highest BCUT2D eigenvalue weighted by Crippen LogP contribution is 2.29. The van der Waals surface area contributed by atoms with E-state index in [9.17, 15) is 4.79 Å². The summed E-state index contributed by atoms with van der Waals surface area (Å²) in [5.74, 6) is -0.239. The Balaban J connectivity index is 1.92. The predicted octanol–water partition coefficient (Wildman–Crippen LogP) is 3.55. The van der Waals surface area contributed by atoms with Crippen LogP contribution in [-0.2, 0) is 4.74 Å². The van der Waals surface area contributed by atoms with Gasteiger partial charge in [0.05, 0.1) is 23.7 Å². The van der Waals surface area contributed by atoms with Gasteiger partial charge in [-0.2, -0.15) is 0 Å². The van der Waals surface area contributed by atoms with E-state index in [-0.39, 0.29) is 5.91 Å². The lowest BCUT2D eigenvalue weighted by molar-refractivity contribution is 0.0976. The molecule has 0 saturated heterocycles. The number of halogens is 1. The second-order valence-corrected chi connectivity index (χ2v) is 6.42. The van der Waals surface area contributed by atoms with Crippen LogP contribution in [0, 0.1) is 0 Å². The summed E-state index contributed by atoms with van der Waals surface area (Å²) in [4.78, 5) is 18.5. The van der Waals surface area contributed by atoms with Crippen molar-refractivity contribution >= 4 is 34.0 Å². The normalized spacial score (nSPS) is 10.6. The molecule has 0 aliphatic carbocycles. The molecular formula is C17H15ClN4O2S. The van der Waals surface area contributed by atoms with Crippen molar-refractivity contribution in [2.24, 2.45) is 0 Å². The molecule has 2 heterocycles. The third-order valence-electron chi connectivity index (χ3n) is 3.42. The average Bonchev–Trinajstić information content (AvgIpc) is 3.13. The van der Waals surface area contributed by atoms with Crippen molar-refractivity contribution in [1.82, 2.24) is 15.2 Å². The summed E-state index contributed by atoms with van der Waals surface area (Å²) in [5, 5.41) is 9.92. The Bertz CT molecular complexity index is 857. The van der Waals surface area contributed by atoms with Gasteiger partial charge in [0, 0.05) is 25.1 Å². The van der Waals surface area contributed by atoms with Crippen molar-refractivity contribution in [1.29, 1.82) is 0 Å². The van der Waals surface area contributed by atoms with Gasteiger partial charge in [0.1, 0.15) is 0 Å². The molecule has 0 aliphatic heterocycles. The maximum atomic E-state index is 12.9. The summed E-state index contributed by atoms with van der Waals surface area (Å²) in [6, 6.07) is 10.7. The Hall–Kier alpha value is -2.35. The summed E-state index contributed by atoms with van der Waals surface area (Å²) >= 11 is 7.48. The van der Waals surface area contributed by atoms with E-state index < -0.39 is 0 Å². The van der Waals surface area contributed by atoms with Crippen molar-refractivity contribution in [2.75, 3.05) is 25.2 Å². The zero-order chi connectivity index (χ0) is 17.6. The van der Waals surface area contributed by atoms with Crippen LogP contribution in [0.15, 0.2) is 48.8 Å². The smallest absolute Gasteiger partial charge is 0.261 e. The van der Waals surface area contributed by atoms with E-state index in [1.807, 2.05) is 12.1 Å². The van der Waals surface area contributed by atoms with Crippen LogP contribution in [0.5, 0.6) is 0 Å². The van der Waals surface area contributed by atoms with Gasteiger partial charge in [-0.25, -0.2) is 0 Å². The van der Waals surface area contributed by atoms with Gasteiger partial charge in [-0.1, -0.05) is 35.1 Å². The van der Waals surface area contributed by atoms with E-state index in [4.69, 9.17) is 16.3 Å². The van der Waals surface area contributed by atoms with Crippen LogP contribution in [-0.4, -0.2) is 41.3 Å². The van der Waals surface area contributed by atoms with E-state index in [2.05, 4.69) is 15.2 Å². The van der Waals surface area contributed by atoms with Crippen LogP contribution in [0.4, 0.5) is 5.13 Å². The summed E-state index contributed by atoms with van der Waals surface area (Å²) < 4.78 is 5.12. The van der Waals surface area contributed by atoms with Crippen LogP contribution >= 0.6 is 22.9 Å². The Kier molecular flexibility index (Phi) is 5.70. The molecule has 0 N–H and O–H groups in total. The van der Waals surface area contributed by atoms with Gasteiger partial charge < -0.3 is 4.74 Å². The van der Waals surface area contributed by atoms with Crippen LogP contribution in [0.2, 0.25) is 5.02 Å². The van der Waals surface area contributed by atoms with E-state index in [1.165, 1.54) is 16.2 Å². The minimum absolute atomic E-state index is 0.239. The zero-order valence-corrected chi connectivity index (χ0v) is 15.0. The molecule has 0 unspecified atom stereocenters. The van der Waals surface area contributed by atoms with Gasteiger partial charge >= 0.3 is 0 Å². The molecule has 3 rings (SSSR count). The minimum atomic E-state index is -0.239. The van der Waals surface area contributed by atoms with Gasteiger partial charge in [-0.3, -0.25) is 14.7 Å². The first kappa shape index (κ1) is 17.5. The molecule has 0 atom stereocenters. The summed E-state index contributed by atoms with van der Waals surface area (Å²) in [5.41, 5.74) is 1.27. The lowest BCUT2D eigenvalue weighted by atomic mass is 10.2. The first-order valence-electron chi connectivity index (χ1n) is 7.50. The maximum absolute atomic E-state index is 12.9. The lowest BCUT2D eigenvalue weighted by Gasteiger charge is -2.19. The molecule has 0 fully saturated rings. The van der Waals surface area contributed by atoms with Crippen molar-refractivity contribution in [3.63, 3.8) is 0 Å². The van der Waals surface area contributed by atoms with E-state index >= 15 is 0 Å². The SMILES string of the molecule is COCCN(C(=O)c1ccccc1Cl)c1nnc(-c2cccnc2)s1. The predicted molar refractivity (Wildman–Crippen MR) is 98.1 cm³/mol. The lowest BCUT2D eigenvalue weighted by Crippen LogP contribution is -2.34. The van der Waals surface area contributed by atoms with Crippen molar-refractivity contribution in [2.45, 2.75) is 0 Å². The van der Waals surface area contributed by atoms with Crippen molar-refractivity contribution in [3.05, 3.63) is 59.4 Å². The topological polar surface area (TPSA) is 68.2 Å². The standard InChI is InChI=1S/C17H15ClN4O2S/c1-24-10-9-22(16(23)13-6-2-3-7-14(13)18)17-21-20-15(25-17)12-5-4-8-19-11-12/h2-8,11H,9-10H2,1H3. The molecule has 6 nitrogen and oxygen atoms in total. The second-order valence-electron chi connectivity index (χ2n) is 5.06. The molecule has 1 amide bonds. The number of nitrogens with zero attached hydrogens (tertiary/aromatic N) is 4. The highest BCUT2D eigenvalue weighted by Gasteiger charge is 2.23. The number of anilines is 1. The Morgan fingerprint density at radius 3 is 2.80 bits per heavy atom. The number of pyridine rings is 1. The number of rotatable bonds is 6. The number of aromatic nitrogens is 3. The van der Waals surface area contributed by atoms with Gasteiger partial charge in [-0.15, -0.1) is 10.2 Å². The van der Waals surface area contributed by atoms with Gasteiger partial charge in [0.15, 0.2) is 5.01 Å². The molecule has 0 bridgehead atoms. The molecule has 0 spiro atoms. The van der Waals surface area contributed by atoms with Gasteiger partial charge in [-0.05, 0) is 24.3 Å². The maximum Gasteiger partial charge on any atom is 0.261 e. The van der Waals surface area contributed by atoms with Crippen LogP contribution < -0.4 is 4.90 Å². The average molecular weight is 375 g/mol. The second kappa shape index (κ2) is 8.15. The quantitative estimate of drug-likeness (QED) is 0.660. The van der Waals surface area contributed by atoms with Crippen molar-refractivity contribution < 1.29 is 9.53 Å². The molecule has 2 aromatic heterocycles. The Morgan fingerprint density at radius 1 is 1.24 bits per heavy atom. The van der Waals surface area contributed by atoms with Crippen LogP contribution in [0.3, 0.4) is 0 Å². The number of carbonyl (C=O) groups excluding carboxylic acids is 1. The van der Waals surface area contributed by atoms with E-state index in [0.29, 0.717) is 33.9 Å². The number of amides is 1. The molecular weight excluding hydrogens is 360 g/mol. The molecule has 0 radical (unpaired) electrons. The van der Waals surface area contributed by atoms with Gasteiger partial charge in [0.2, 0.25) is 5.13 Å². The third kappa shape index (κ3) is 4.01. The third-order valence-corrected chi connectivity index (χ3v) is 4.75. The number of hydrogen-bond acceptors (Lipinski definition) is 6. The molecule has 0 aliphatic rings. The Labute approximate surface area is 154 Å². The molecule has 128 valence electrons. The van der Waals surface area contributed by atoms with Crippen molar-refractivity contribution in [3.8, 4) is 10.6 Å². The Morgan fingerprint density at radius 2 is 2.08 bits per heavy atom. The first-order valence-corrected chi connectivity index (χ1v) is 8.69. The molecule has 1 aromatic carbocycles. The minimum Gasteiger partial charge on any atom is -0.383 e. The van der Waals surface area contributed by atoms with Crippen LogP contribution in [0.1, 0.15) is 10.4 Å². The monoisotopic (exact) mass is 374 g/mol. The number of carbonyl (C=O) groups is 1. The van der Waals surface area contributed by atoms with E-state index in [0.717, 1.165) is 5.56 Å². The fourth-order valence-corrected chi connectivity index (χ4v) is 3.25. The highest BCUT2D eigenvalue weighted by molar-refractivity contribution is 7.18. The zero-order valence-electron chi connectivity index (χ0n) is 13.4. The van der Waals surface area contributed by atoms with Gasteiger partial charge in [0.25, 0.3) is 5.91 Å². The number of hydrogen-bond donors (Lipinski definition) is 0. The van der Waals surface area contributed by atoms with E-state index in [1.54, 1.807) is 43.8 Å². The summed E-state index contributed by atoms with van der Waals surface area (Å²) in [6.07, 6.45) is 3.40. The molecule has 0 saturated carbocycles. The molecule has 25 heavy (non-hydrogen) atoms. The molecule has 3 aromatic rings.